The van der Waals surface area contributed by atoms with E-state index in [-0.39, 0.29) is 0 Å². The number of rotatable bonds is 5. The second-order valence-corrected chi connectivity index (χ2v) is 4.35. The predicted molar refractivity (Wildman–Crippen MR) is 58.9 cm³/mol. The van der Waals surface area contributed by atoms with E-state index in [1.165, 1.54) is 44.9 Å². The molecule has 0 spiro atoms. The van der Waals surface area contributed by atoms with E-state index in [1.54, 1.807) is 0 Å². The Bertz CT molecular complexity index is 120. The van der Waals surface area contributed by atoms with Crippen molar-refractivity contribution in [3.63, 3.8) is 0 Å². The highest BCUT2D eigenvalue weighted by atomic mass is 14.9. The van der Waals surface area contributed by atoms with Crippen LogP contribution in [0, 0.1) is 5.92 Å². The summed E-state index contributed by atoms with van der Waals surface area (Å²) in [5.41, 5.74) is 0. The third-order valence-corrected chi connectivity index (χ3v) is 3.30. The maximum atomic E-state index is 3.64. The smallest absolute Gasteiger partial charge is 0.00952 e. The molecule has 2 atom stereocenters. The highest BCUT2D eigenvalue weighted by molar-refractivity contribution is 4.80. The summed E-state index contributed by atoms with van der Waals surface area (Å²) < 4.78 is 0. The molecule has 0 aromatic heterocycles. The van der Waals surface area contributed by atoms with Gasteiger partial charge in [-0.25, -0.2) is 0 Å². The van der Waals surface area contributed by atoms with Crippen LogP contribution in [0.1, 0.15) is 58.8 Å². The van der Waals surface area contributed by atoms with Crippen molar-refractivity contribution in [1.29, 1.82) is 0 Å². The molecule has 1 nitrogen and oxygen atoms in total. The molecule has 78 valence electrons. The summed E-state index contributed by atoms with van der Waals surface area (Å²) in [5, 5.41) is 3.64. The second kappa shape index (κ2) is 6.42. The maximum Gasteiger partial charge on any atom is 0.00952 e. The molecule has 0 aliphatic heterocycles. The molecule has 13 heavy (non-hydrogen) atoms. The van der Waals surface area contributed by atoms with Crippen LogP contribution in [0.5, 0.6) is 0 Å². The lowest BCUT2D eigenvalue weighted by Gasteiger charge is -2.32. The van der Waals surface area contributed by atoms with E-state index in [1.807, 2.05) is 0 Å². The normalized spacial score (nSPS) is 29.1. The summed E-state index contributed by atoms with van der Waals surface area (Å²) in [6.07, 6.45) is 10.0. The van der Waals surface area contributed by atoms with Crippen molar-refractivity contribution in [1.82, 2.24) is 5.32 Å². The standard InChI is InChI=1S/C12H25N/c1-3-5-8-11-9-6-7-10-12(11)13-4-2/h11-13H,3-10H2,1-2H3. The fourth-order valence-electron chi connectivity index (χ4n) is 2.55. The SMILES string of the molecule is CCCCC1CCCCC1NCC. The van der Waals surface area contributed by atoms with Crippen LogP contribution in [-0.4, -0.2) is 12.6 Å². The molecule has 1 saturated carbocycles. The van der Waals surface area contributed by atoms with Crippen LogP contribution in [0.15, 0.2) is 0 Å². The Kier molecular flexibility index (Phi) is 5.45. The molecule has 0 aromatic carbocycles. The Hall–Kier alpha value is -0.0400. The van der Waals surface area contributed by atoms with Gasteiger partial charge in [-0.2, -0.15) is 0 Å². The molecule has 1 aliphatic rings. The second-order valence-electron chi connectivity index (χ2n) is 4.35. The molecule has 0 radical (unpaired) electrons. The summed E-state index contributed by atoms with van der Waals surface area (Å²) in [6.45, 7) is 5.67. The zero-order valence-electron chi connectivity index (χ0n) is 9.31. The van der Waals surface area contributed by atoms with E-state index >= 15 is 0 Å². The molecule has 1 N–H and O–H groups in total. The van der Waals surface area contributed by atoms with Gasteiger partial charge in [0.05, 0.1) is 0 Å². The van der Waals surface area contributed by atoms with Crippen LogP contribution in [0.3, 0.4) is 0 Å². The lowest BCUT2D eigenvalue weighted by atomic mass is 9.81. The maximum absolute atomic E-state index is 3.64. The zero-order valence-corrected chi connectivity index (χ0v) is 9.31. The van der Waals surface area contributed by atoms with Crippen LogP contribution < -0.4 is 5.32 Å². The minimum Gasteiger partial charge on any atom is -0.314 e. The van der Waals surface area contributed by atoms with Crippen molar-refractivity contribution >= 4 is 0 Å². The zero-order chi connectivity index (χ0) is 9.52. The van der Waals surface area contributed by atoms with Gasteiger partial charge in [0.1, 0.15) is 0 Å². The number of hydrogen-bond donors (Lipinski definition) is 1. The summed E-state index contributed by atoms with van der Waals surface area (Å²) in [4.78, 5) is 0. The van der Waals surface area contributed by atoms with Gasteiger partial charge in [-0.3, -0.25) is 0 Å². The molecule has 0 amide bonds. The van der Waals surface area contributed by atoms with Crippen molar-refractivity contribution in [3.05, 3.63) is 0 Å². The Morgan fingerprint density at radius 1 is 1.15 bits per heavy atom. The molecular formula is C12H25N. The molecule has 1 aliphatic carbocycles. The Morgan fingerprint density at radius 2 is 1.92 bits per heavy atom. The first-order chi connectivity index (χ1) is 6.38. The average Bonchev–Trinajstić information content (AvgIpc) is 2.17. The van der Waals surface area contributed by atoms with E-state index < -0.39 is 0 Å². The lowest BCUT2D eigenvalue weighted by molar-refractivity contribution is 0.248. The summed E-state index contributed by atoms with van der Waals surface area (Å²) in [7, 11) is 0. The summed E-state index contributed by atoms with van der Waals surface area (Å²) in [6, 6.07) is 0.838. The van der Waals surface area contributed by atoms with Crippen LogP contribution in [0.2, 0.25) is 0 Å². The first kappa shape index (κ1) is 11.0. The molecule has 0 aromatic rings. The molecule has 2 unspecified atom stereocenters. The van der Waals surface area contributed by atoms with Crippen molar-refractivity contribution in [2.75, 3.05) is 6.54 Å². The van der Waals surface area contributed by atoms with Crippen molar-refractivity contribution in [3.8, 4) is 0 Å². The van der Waals surface area contributed by atoms with Gasteiger partial charge in [-0.15, -0.1) is 0 Å². The number of nitrogens with one attached hydrogen (secondary N) is 1. The molecule has 1 fully saturated rings. The van der Waals surface area contributed by atoms with E-state index in [0.717, 1.165) is 18.5 Å². The topological polar surface area (TPSA) is 12.0 Å². The van der Waals surface area contributed by atoms with Gasteiger partial charge in [0, 0.05) is 6.04 Å². The average molecular weight is 183 g/mol. The van der Waals surface area contributed by atoms with E-state index in [2.05, 4.69) is 19.2 Å². The molecule has 0 heterocycles. The van der Waals surface area contributed by atoms with Crippen LogP contribution in [-0.2, 0) is 0 Å². The largest absolute Gasteiger partial charge is 0.314 e. The molecule has 0 saturated heterocycles. The van der Waals surface area contributed by atoms with E-state index in [9.17, 15) is 0 Å². The highest BCUT2D eigenvalue weighted by Gasteiger charge is 2.23. The van der Waals surface area contributed by atoms with E-state index in [4.69, 9.17) is 0 Å². The molecule has 1 heteroatoms. The van der Waals surface area contributed by atoms with Crippen LogP contribution >= 0.6 is 0 Å². The van der Waals surface area contributed by atoms with Gasteiger partial charge in [0.25, 0.3) is 0 Å². The number of unbranched alkanes of at least 4 members (excludes halogenated alkanes) is 1. The first-order valence-electron chi connectivity index (χ1n) is 6.11. The summed E-state index contributed by atoms with van der Waals surface area (Å²) >= 11 is 0. The third kappa shape index (κ3) is 3.68. The fraction of sp³-hybridized carbons (Fsp3) is 1.00. The fourth-order valence-corrected chi connectivity index (χ4v) is 2.55. The monoisotopic (exact) mass is 183 g/mol. The highest BCUT2D eigenvalue weighted by Crippen LogP contribution is 2.28. The van der Waals surface area contributed by atoms with Gasteiger partial charge >= 0.3 is 0 Å². The molecule has 1 rings (SSSR count). The third-order valence-electron chi connectivity index (χ3n) is 3.30. The first-order valence-corrected chi connectivity index (χ1v) is 6.11. The Balaban J connectivity index is 2.28. The van der Waals surface area contributed by atoms with Gasteiger partial charge in [0.2, 0.25) is 0 Å². The van der Waals surface area contributed by atoms with Gasteiger partial charge in [0.15, 0.2) is 0 Å². The lowest BCUT2D eigenvalue weighted by Crippen LogP contribution is -2.38. The Labute approximate surface area is 83.3 Å². The van der Waals surface area contributed by atoms with Gasteiger partial charge in [-0.1, -0.05) is 39.5 Å². The summed E-state index contributed by atoms with van der Waals surface area (Å²) in [5.74, 6) is 0.980. The van der Waals surface area contributed by atoms with E-state index in [0.29, 0.717) is 0 Å². The van der Waals surface area contributed by atoms with Crippen LogP contribution in [0.4, 0.5) is 0 Å². The number of hydrogen-bond acceptors (Lipinski definition) is 1. The van der Waals surface area contributed by atoms with Gasteiger partial charge < -0.3 is 5.32 Å². The Morgan fingerprint density at radius 3 is 2.62 bits per heavy atom. The predicted octanol–water partition coefficient (Wildman–Crippen LogP) is 3.34. The molecule has 0 bridgehead atoms. The van der Waals surface area contributed by atoms with Crippen LogP contribution in [0.25, 0.3) is 0 Å². The minimum atomic E-state index is 0.838. The van der Waals surface area contributed by atoms with Gasteiger partial charge in [-0.05, 0) is 31.7 Å². The van der Waals surface area contributed by atoms with Crippen molar-refractivity contribution in [2.45, 2.75) is 64.8 Å². The minimum absolute atomic E-state index is 0.838. The van der Waals surface area contributed by atoms with Crippen molar-refractivity contribution in [2.24, 2.45) is 5.92 Å². The quantitative estimate of drug-likeness (QED) is 0.689. The van der Waals surface area contributed by atoms with Crippen molar-refractivity contribution < 1.29 is 0 Å². The molecular weight excluding hydrogens is 158 g/mol.